The summed E-state index contributed by atoms with van der Waals surface area (Å²) < 4.78 is 23.8. The van der Waals surface area contributed by atoms with Gasteiger partial charge < -0.3 is 0 Å². The fraction of sp³-hybridized carbons (Fsp3) is 0.600. The van der Waals surface area contributed by atoms with Crippen LogP contribution in [0.1, 0.15) is 39.5 Å². The number of rotatable bonds is 5. The fourth-order valence-corrected chi connectivity index (χ4v) is 0.937. The molecule has 0 nitrogen and oxygen atoms in total. The van der Waals surface area contributed by atoms with Crippen molar-refractivity contribution in [1.82, 2.24) is 0 Å². The quantitative estimate of drug-likeness (QED) is 0.545. The van der Waals surface area contributed by atoms with E-state index in [-0.39, 0.29) is 5.57 Å². The molecule has 2 heteroatoms. The molecule has 0 amide bonds. The lowest BCUT2D eigenvalue weighted by Gasteiger charge is -2.02. The maximum atomic E-state index is 11.9. The van der Waals surface area contributed by atoms with Crippen molar-refractivity contribution in [3.8, 4) is 0 Å². The molecule has 0 fully saturated rings. The Bertz CT molecular complexity index is 176. The molecule has 0 atom stereocenters. The molecular weight excluding hydrogens is 158 g/mol. The first-order valence-electron chi connectivity index (χ1n) is 4.25. The Kier molecular flexibility index (Phi) is 5.60. The lowest BCUT2D eigenvalue weighted by molar-refractivity contribution is 0.408. The normalized spacial score (nSPS) is 9.67. The SMILES string of the molecule is C=C(CCC)CCC(C)=C(F)F. The predicted molar refractivity (Wildman–Crippen MR) is 48.2 cm³/mol. The van der Waals surface area contributed by atoms with Crippen LogP contribution >= 0.6 is 0 Å². The first-order valence-corrected chi connectivity index (χ1v) is 4.25. The molecule has 0 saturated carbocycles. The number of hydrogen-bond donors (Lipinski definition) is 0. The summed E-state index contributed by atoms with van der Waals surface area (Å²) >= 11 is 0. The van der Waals surface area contributed by atoms with Gasteiger partial charge in [-0.3, -0.25) is 0 Å². The third kappa shape index (κ3) is 5.05. The van der Waals surface area contributed by atoms with Crippen LogP contribution < -0.4 is 0 Å². The Morgan fingerprint density at radius 3 is 2.17 bits per heavy atom. The van der Waals surface area contributed by atoms with E-state index in [9.17, 15) is 8.78 Å². The van der Waals surface area contributed by atoms with Crippen molar-refractivity contribution in [2.45, 2.75) is 39.5 Å². The minimum Gasteiger partial charge on any atom is -0.173 e. The second-order valence-corrected chi connectivity index (χ2v) is 3.04. The van der Waals surface area contributed by atoms with Crippen LogP contribution in [0.3, 0.4) is 0 Å². The molecule has 0 unspecified atom stereocenters. The van der Waals surface area contributed by atoms with Gasteiger partial charge in [0.15, 0.2) is 0 Å². The maximum Gasteiger partial charge on any atom is 0.269 e. The molecule has 0 aromatic rings. The second kappa shape index (κ2) is 5.92. The molecule has 0 bridgehead atoms. The molecule has 0 aromatic heterocycles. The van der Waals surface area contributed by atoms with E-state index in [4.69, 9.17) is 0 Å². The van der Waals surface area contributed by atoms with Crippen LogP contribution in [0.5, 0.6) is 0 Å². The molecule has 70 valence electrons. The van der Waals surface area contributed by atoms with E-state index in [0.29, 0.717) is 12.8 Å². The molecule has 0 spiro atoms. The average molecular weight is 174 g/mol. The van der Waals surface area contributed by atoms with Crippen LogP contribution in [0.15, 0.2) is 23.8 Å². The minimum absolute atomic E-state index is 0.187. The van der Waals surface area contributed by atoms with Gasteiger partial charge >= 0.3 is 0 Å². The molecule has 0 rings (SSSR count). The van der Waals surface area contributed by atoms with Crippen LogP contribution in [0, 0.1) is 0 Å². The summed E-state index contributed by atoms with van der Waals surface area (Å²) in [5.74, 6) is 0. The van der Waals surface area contributed by atoms with Gasteiger partial charge in [-0.1, -0.05) is 25.5 Å². The van der Waals surface area contributed by atoms with Crippen LogP contribution in [0.4, 0.5) is 8.78 Å². The predicted octanol–water partition coefficient (Wildman–Crippen LogP) is 4.29. The summed E-state index contributed by atoms with van der Waals surface area (Å²) in [7, 11) is 0. The zero-order valence-electron chi connectivity index (χ0n) is 7.79. The lowest BCUT2D eigenvalue weighted by atomic mass is 10.0. The lowest BCUT2D eigenvalue weighted by Crippen LogP contribution is -1.84. The van der Waals surface area contributed by atoms with Gasteiger partial charge in [0.1, 0.15) is 0 Å². The molecule has 0 radical (unpaired) electrons. The molecule has 0 aliphatic heterocycles. The van der Waals surface area contributed by atoms with Gasteiger partial charge in [-0.2, -0.15) is 8.78 Å². The maximum absolute atomic E-state index is 11.9. The van der Waals surface area contributed by atoms with Gasteiger partial charge in [-0.15, -0.1) is 0 Å². The van der Waals surface area contributed by atoms with E-state index in [1.54, 1.807) is 0 Å². The third-order valence-electron chi connectivity index (χ3n) is 1.78. The van der Waals surface area contributed by atoms with Crippen molar-refractivity contribution in [3.05, 3.63) is 23.8 Å². The van der Waals surface area contributed by atoms with Crippen LogP contribution in [0.2, 0.25) is 0 Å². The summed E-state index contributed by atoms with van der Waals surface area (Å²) in [4.78, 5) is 0. The molecule has 0 N–H and O–H groups in total. The number of allylic oxidation sites excluding steroid dienone is 2. The van der Waals surface area contributed by atoms with E-state index < -0.39 is 6.08 Å². The highest BCUT2D eigenvalue weighted by Crippen LogP contribution is 2.17. The molecule has 0 aliphatic carbocycles. The Labute approximate surface area is 73.0 Å². The van der Waals surface area contributed by atoms with Crippen LogP contribution in [0.25, 0.3) is 0 Å². The summed E-state index contributed by atoms with van der Waals surface area (Å²) in [5.41, 5.74) is 1.25. The standard InChI is InChI=1S/C10H16F2/c1-4-5-8(2)6-7-9(3)10(11)12/h2,4-7H2,1,3H3. The number of hydrogen-bond acceptors (Lipinski definition) is 0. The Balaban J connectivity index is 3.69. The molecule has 0 aliphatic rings. The van der Waals surface area contributed by atoms with E-state index in [0.717, 1.165) is 18.4 Å². The highest BCUT2D eigenvalue weighted by Gasteiger charge is 2.00. The highest BCUT2D eigenvalue weighted by molar-refractivity contribution is 5.03. The second-order valence-electron chi connectivity index (χ2n) is 3.04. The van der Waals surface area contributed by atoms with E-state index in [1.807, 2.05) is 0 Å². The summed E-state index contributed by atoms with van der Waals surface area (Å²) in [5, 5.41) is 0. The van der Waals surface area contributed by atoms with Crippen molar-refractivity contribution in [2.75, 3.05) is 0 Å². The Morgan fingerprint density at radius 2 is 1.75 bits per heavy atom. The van der Waals surface area contributed by atoms with Crippen molar-refractivity contribution in [1.29, 1.82) is 0 Å². The van der Waals surface area contributed by atoms with E-state index >= 15 is 0 Å². The van der Waals surface area contributed by atoms with E-state index in [1.165, 1.54) is 6.92 Å². The van der Waals surface area contributed by atoms with Crippen molar-refractivity contribution < 1.29 is 8.78 Å². The third-order valence-corrected chi connectivity index (χ3v) is 1.78. The minimum atomic E-state index is -1.54. The van der Waals surface area contributed by atoms with Crippen molar-refractivity contribution >= 4 is 0 Å². The highest BCUT2D eigenvalue weighted by atomic mass is 19.3. The summed E-state index contributed by atoms with van der Waals surface area (Å²) in [6.07, 6.45) is 1.58. The van der Waals surface area contributed by atoms with E-state index in [2.05, 4.69) is 13.5 Å². The molecule has 12 heavy (non-hydrogen) atoms. The van der Waals surface area contributed by atoms with Gasteiger partial charge in [-0.05, 0) is 31.8 Å². The van der Waals surface area contributed by atoms with Gasteiger partial charge in [0.2, 0.25) is 0 Å². The topological polar surface area (TPSA) is 0 Å². The van der Waals surface area contributed by atoms with Gasteiger partial charge in [0.05, 0.1) is 0 Å². The zero-order valence-corrected chi connectivity index (χ0v) is 7.79. The fourth-order valence-electron chi connectivity index (χ4n) is 0.937. The molecular formula is C10H16F2. The van der Waals surface area contributed by atoms with Gasteiger partial charge in [0, 0.05) is 0 Å². The van der Waals surface area contributed by atoms with Gasteiger partial charge in [0.25, 0.3) is 6.08 Å². The van der Waals surface area contributed by atoms with Crippen LogP contribution in [-0.4, -0.2) is 0 Å². The molecule has 0 heterocycles. The summed E-state index contributed by atoms with van der Waals surface area (Å²) in [6, 6.07) is 0. The summed E-state index contributed by atoms with van der Waals surface area (Å²) in [6.45, 7) is 7.33. The Morgan fingerprint density at radius 1 is 1.17 bits per heavy atom. The molecule has 0 aromatic carbocycles. The monoisotopic (exact) mass is 174 g/mol. The first-order chi connectivity index (χ1) is 5.57. The van der Waals surface area contributed by atoms with Crippen molar-refractivity contribution in [3.63, 3.8) is 0 Å². The molecule has 0 saturated heterocycles. The zero-order chi connectivity index (χ0) is 9.56. The number of halogens is 2. The first kappa shape index (κ1) is 11.3. The van der Waals surface area contributed by atoms with Crippen LogP contribution in [-0.2, 0) is 0 Å². The largest absolute Gasteiger partial charge is 0.269 e. The van der Waals surface area contributed by atoms with Crippen molar-refractivity contribution in [2.24, 2.45) is 0 Å². The Hall–Kier alpha value is -0.660. The smallest absolute Gasteiger partial charge is 0.173 e. The average Bonchev–Trinajstić information content (AvgIpc) is 2.00. The van der Waals surface area contributed by atoms with Gasteiger partial charge in [-0.25, -0.2) is 0 Å².